The molecule has 0 bridgehead atoms. The average molecular weight is 276 g/mol. The van der Waals surface area contributed by atoms with Crippen LogP contribution in [0.15, 0.2) is 24.3 Å². The number of amides is 1. The van der Waals surface area contributed by atoms with E-state index in [2.05, 4.69) is 5.32 Å². The van der Waals surface area contributed by atoms with Crippen LogP contribution < -0.4 is 5.32 Å². The molecular weight excluding hydrogens is 252 g/mol. The zero-order valence-electron chi connectivity index (χ0n) is 12.4. The minimum atomic E-state index is 0.107. The van der Waals surface area contributed by atoms with E-state index in [1.807, 2.05) is 43.0 Å². The van der Waals surface area contributed by atoms with Crippen molar-refractivity contribution in [2.24, 2.45) is 5.92 Å². The van der Waals surface area contributed by atoms with E-state index in [0.29, 0.717) is 5.92 Å². The van der Waals surface area contributed by atoms with Crippen LogP contribution in [-0.4, -0.2) is 43.7 Å². The average Bonchev–Trinajstić information content (AvgIpc) is 2.98. The van der Waals surface area contributed by atoms with Gasteiger partial charge >= 0.3 is 0 Å². The molecule has 1 aliphatic rings. The van der Waals surface area contributed by atoms with Gasteiger partial charge in [0.25, 0.3) is 5.91 Å². The number of para-hydroxylation sites is 1. The number of nitrogens with zero attached hydrogens (tertiary/aromatic N) is 1. The van der Waals surface area contributed by atoms with Crippen LogP contribution >= 0.6 is 0 Å². The van der Waals surface area contributed by atoms with Crippen LogP contribution in [0.25, 0.3) is 0 Å². The summed E-state index contributed by atoms with van der Waals surface area (Å²) in [4.78, 5) is 14.6. The first-order chi connectivity index (χ1) is 9.76. The predicted molar refractivity (Wildman–Crippen MR) is 81.1 cm³/mol. The van der Waals surface area contributed by atoms with Gasteiger partial charge in [-0.1, -0.05) is 12.1 Å². The van der Waals surface area contributed by atoms with E-state index in [-0.39, 0.29) is 5.91 Å². The minimum Gasteiger partial charge on any atom is -0.385 e. The number of ether oxygens (including phenoxy) is 1. The highest BCUT2D eigenvalue weighted by molar-refractivity contribution is 5.99. The molecule has 0 aromatic heterocycles. The number of carbonyl (C=O) groups excluding carboxylic acids is 1. The van der Waals surface area contributed by atoms with Crippen LogP contribution in [0.5, 0.6) is 0 Å². The lowest BCUT2D eigenvalue weighted by atomic mass is 10.1. The fourth-order valence-corrected chi connectivity index (χ4v) is 2.58. The van der Waals surface area contributed by atoms with E-state index in [0.717, 1.165) is 50.5 Å². The van der Waals surface area contributed by atoms with Gasteiger partial charge in [0.15, 0.2) is 0 Å². The molecule has 0 aliphatic carbocycles. The lowest BCUT2D eigenvalue weighted by Crippen LogP contribution is -2.35. The SMILES string of the molecule is CCNc1ccccc1C(=O)N(CC)CC1CCOC1. The maximum atomic E-state index is 12.7. The van der Waals surface area contributed by atoms with Gasteiger partial charge in [-0.3, -0.25) is 4.79 Å². The monoisotopic (exact) mass is 276 g/mol. The van der Waals surface area contributed by atoms with Crippen LogP contribution in [-0.2, 0) is 4.74 Å². The number of carbonyl (C=O) groups is 1. The number of nitrogens with one attached hydrogen (secondary N) is 1. The van der Waals surface area contributed by atoms with Gasteiger partial charge in [0.2, 0.25) is 0 Å². The molecule has 1 unspecified atom stereocenters. The third-order valence-electron chi connectivity index (χ3n) is 3.70. The molecule has 1 aromatic rings. The summed E-state index contributed by atoms with van der Waals surface area (Å²) < 4.78 is 5.40. The molecule has 1 fully saturated rings. The van der Waals surface area contributed by atoms with Crippen LogP contribution in [0.1, 0.15) is 30.6 Å². The Balaban J connectivity index is 2.10. The summed E-state index contributed by atoms with van der Waals surface area (Å²) in [6, 6.07) is 7.73. The maximum Gasteiger partial charge on any atom is 0.255 e. The first-order valence-corrected chi connectivity index (χ1v) is 7.46. The second-order valence-electron chi connectivity index (χ2n) is 5.15. The van der Waals surface area contributed by atoms with Crippen molar-refractivity contribution in [3.8, 4) is 0 Å². The van der Waals surface area contributed by atoms with Crippen LogP contribution in [0, 0.1) is 5.92 Å². The summed E-state index contributed by atoms with van der Waals surface area (Å²) >= 11 is 0. The van der Waals surface area contributed by atoms with Crippen molar-refractivity contribution in [3.05, 3.63) is 29.8 Å². The Kier molecular flexibility index (Phi) is 5.41. The first-order valence-electron chi connectivity index (χ1n) is 7.46. The number of rotatable bonds is 6. The zero-order chi connectivity index (χ0) is 14.4. The van der Waals surface area contributed by atoms with E-state index in [1.165, 1.54) is 0 Å². The molecule has 2 rings (SSSR count). The summed E-state index contributed by atoms with van der Waals surface area (Å²) in [5.74, 6) is 0.584. The predicted octanol–water partition coefficient (Wildman–Crippen LogP) is 2.62. The van der Waals surface area contributed by atoms with Crippen molar-refractivity contribution in [3.63, 3.8) is 0 Å². The van der Waals surface area contributed by atoms with Gasteiger partial charge in [-0.05, 0) is 32.4 Å². The van der Waals surface area contributed by atoms with Gasteiger partial charge < -0.3 is 15.0 Å². The van der Waals surface area contributed by atoms with Crippen molar-refractivity contribution < 1.29 is 9.53 Å². The topological polar surface area (TPSA) is 41.6 Å². The van der Waals surface area contributed by atoms with Crippen LogP contribution in [0.2, 0.25) is 0 Å². The molecular formula is C16H24N2O2. The highest BCUT2D eigenvalue weighted by Gasteiger charge is 2.23. The van der Waals surface area contributed by atoms with Gasteiger partial charge in [-0.2, -0.15) is 0 Å². The van der Waals surface area contributed by atoms with Crippen molar-refractivity contribution in [1.82, 2.24) is 4.90 Å². The van der Waals surface area contributed by atoms with Crippen molar-refractivity contribution in [2.75, 3.05) is 38.2 Å². The molecule has 4 heteroatoms. The molecule has 1 aromatic carbocycles. The largest absolute Gasteiger partial charge is 0.385 e. The fraction of sp³-hybridized carbons (Fsp3) is 0.562. The van der Waals surface area contributed by atoms with Gasteiger partial charge in [-0.25, -0.2) is 0 Å². The number of benzene rings is 1. The highest BCUT2D eigenvalue weighted by Crippen LogP contribution is 2.20. The summed E-state index contributed by atoms with van der Waals surface area (Å²) in [5.41, 5.74) is 1.68. The van der Waals surface area contributed by atoms with Gasteiger partial charge in [-0.15, -0.1) is 0 Å². The number of hydrogen-bond acceptors (Lipinski definition) is 3. The molecule has 1 atom stereocenters. The molecule has 1 saturated heterocycles. The zero-order valence-corrected chi connectivity index (χ0v) is 12.4. The Morgan fingerprint density at radius 2 is 2.20 bits per heavy atom. The Hall–Kier alpha value is -1.55. The molecule has 4 nitrogen and oxygen atoms in total. The molecule has 0 saturated carbocycles. The number of hydrogen-bond donors (Lipinski definition) is 1. The lowest BCUT2D eigenvalue weighted by Gasteiger charge is -2.25. The minimum absolute atomic E-state index is 0.107. The second-order valence-corrected chi connectivity index (χ2v) is 5.15. The van der Waals surface area contributed by atoms with Gasteiger partial charge in [0.1, 0.15) is 0 Å². The Labute approximate surface area is 121 Å². The smallest absolute Gasteiger partial charge is 0.255 e. The number of anilines is 1. The normalized spacial score (nSPS) is 18.0. The maximum absolute atomic E-state index is 12.7. The van der Waals surface area contributed by atoms with E-state index in [9.17, 15) is 4.79 Å². The quantitative estimate of drug-likeness (QED) is 0.868. The molecule has 110 valence electrons. The second kappa shape index (κ2) is 7.29. The molecule has 20 heavy (non-hydrogen) atoms. The van der Waals surface area contributed by atoms with Gasteiger partial charge in [0, 0.05) is 37.8 Å². The fourth-order valence-electron chi connectivity index (χ4n) is 2.58. The molecule has 1 N–H and O–H groups in total. The third kappa shape index (κ3) is 3.51. The van der Waals surface area contributed by atoms with Crippen molar-refractivity contribution >= 4 is 11.6 Å². The molecule has 1 heterocycles. The third-order valence-corrected chi connectivity index (χ3v) is 3.70. The first kappa shape index (κ1) is 14.9. The standard InChI is InChI=1S/C16H24N2O2/c1-3-17-15-8-6-5-7-14(15)16(19)18(4-2)11-13-9-10-20-12-13/h5-8,13,17H,3-4,9-12H2,1-2H3. The molecule has 1 aliphatic heterocycles. The van der Waals surface area contributed by atoms with E-state index >= 15 is 0 Å². The Morgan fingerprint density at radius 1 is 1.40 bits per heavy atom. The molecule has 0 spiro atoms. The van der Waals surface area contributed by atoms with E-state index in [4.69, 9.17) is 4.74 Å². The van der Waals surface area contributed by atoms with Crippen LogP contribution in [0.4, 0.5) is 5.69 Å². The summed E-state index contributed by atoms with van der Waals surface area (Å²) in [6.07, 6.45) is 1.05. The van der Waals surface area contributed by atoms with Crippen LogP contribution in [0.3, 0.4) is 0 Å². The molecule has 1 amide bonds. The van der Waals surface area contributed by atoms with Crippen molar-refractivity contribution in [1.29, 1.82) is 0 Å². The molecule has 0 radical (unpaired) electrons. The lowest BCUT2D eigenvalue weighted by molar-refractivity contribution is 0.0732. The summed E-state index contributed by atoms with van der Waals surface area (Å²) in [6.45, 7) is 8.00. The van der Waals surface area contributed by atoms with Crippen molar-refractivity contribution in [2.45, 2.75) is 20.3 Å². The van der Waals surface area contributed by atoms with E-state index in [1.54, 1.807) is 0 Å². The Bertz CT molecular complexity index is 442. The summed E-state index contributed by atoms with van der Waals surface area (Å²) in [7, 11) is 0. The Morgan fingerprint density at radius 3 is 2.85 bits per heavy atom. The van der Waals surface area contributed by atoms with E-state index < -0.39 is 0 Å². The van der Waals surface area contributed by atoms with Gasteiger partial charge in [0.05, 0.1) is 12.2 Å². The summed E-state index contributed by atoms with van der Waals surface area (Å²) in [5, 5.41) is 3.26. The highest BCUT2D eigenvalue weighted by atomic mass is 16.5.